The van der Waals surface area contributed by atoms with Crippen LogP contribution in [0.4, 0.5) is 10.6 Å². The third-order valence-electron chi connectivity index (χ3n) is 7.43. The van der Waals surface area contributed by atoms with Crippen molar-refractivity contribution >= 4 is 39.5 Å². The van der Waals surface area contributed by atoms with Gasteiger partial charge in [-0.15, -0.1) is 0 Å². The molecule has 0 unspecified atom stereocenters. The number of unbranched alkanes of at least 4 members (excludes halogenated alkanes) is 1. The minimum atomic E-state index is -4.02. The van der Waals surface area contributed by atoms with Gasteiger partial charge in [-0.05, 0) is 101 Å². The summed E-state index contributed by atoms with van der Waals surface area (Å²) in [5, 5.41) is 0.420. The second-order valence-electron chi connectivity index (χ2n) is 14.6. The maximum Gasteiger partial charge on any atom is 0.416 e. The highest BCUT2D eigenvalue weighted by Crippen LogP contribution is 2.30. The van der Waals surface area contributed by atoms with Crippen LogP contribution in [0.2, 0.25) is 5.02 Å². The van der Waals surface area contributed by atoms with Gasteiger partial charge in [0, 0.05) is 11.6 Å². The Bertz CT molecular complexity index is 1640. The van der Waals surface area contributed by atoms with Crippen LogP contribution < -0.4 is 4.90 Å². The van der Waals surface area contributed by atoms with Crippen LogP contribution in [0.3, 0.4) is 0 Å². The van der Waals surface area contributed by atoms with E-state index in [0.29, 0.717) is 10.7 Å². The van der Waals surface area contributed by atoms with E-state index in [-0.39, 0.29) is 29.2 Å². The number of carbonyl (C=O) groups excluding carboxylic acids is 2. The van der Waals surface area contributed by atoms with Crippen molar-refractivity contribution in [3.63, 3.8) is 0 Å². The van der Waals surface area contributed by atoms with Crippen molar-refractivity contribution in [1.82, 2.24) is 9.29 Å². The Morgan fingerprint density at radius 3 is 1.98 bits per heavy atom. The van der Waals surface area contributed by atoms with Crippen molar-refractivity contribution in [3.8, 4) is 0 Å². The molecule has 3 aromatic rings. The molecule has 2 aromatic carbocycles. The summed E-state index contributed by atoms with van der Waals surface area (Å²) in [7, 11) is -4.02. The molecule has 1 amide bonds. The number of halogens is 1. The summed E-state index contributed by atoms with van der Waals surface area (Å²) in [6.45, 7) is 16.5. The van der Waals surface area contributed by atoms with Gasteiger partial charge in [-0.3, -0.25) is 9.69 Å². The first-order valence-electron chi connectivity index (χ1n) is 16.2. The Morgan fingerprint density at radius 1 is 0.812 bits per heavy atom. The number of esters is 1. The van der Waals surface area contributed by atoms with Gasteiger partial charge >= 0.3 is 12.1 Å². The number of hydrogen-bond acceptors (Lipinski definition) is 7. The average Bonchev–Trinajstić information content (AvgIpc) is 2.97. The normalized spacial score (nSPS) is 12.6. The van der Waals surface area contributed by atoms with E-state index in [1.54, 1.807) is 59.7 Å². The zero-order valence-electron chi connectivity index (χ0n) is 29.7. The van der Waals surface area contributed by atoms with Crippen LogP contribution in [0.1, 0.15) is 98.4 Å². The smallest absolute Gasteiger partial charge is 0.416 e. The Morgan fingerprint density at radius 2 is 1.42 bits per heavy atom. The summed E-state index contributed by atoms with van der Waals surface area (Å²) < 4.78 is 40.5. The van der Waals surface area contributed by atoms with E-state index in [1.165, 1.54) is 34.1 Å². The van der Waals surface area contributed by atoms with Crippen LogP contribution in [-0.4, -0.2) is 47.5 Å². The van der Waals surface area contributed by atoms with Gasteiger partial charge in [-0.25, -0.2) is 18.2 Å². The summed E-state index contributed by atoms with van der Waals surface area (Å²) in [5.41, 5.74) is 0.734. The number of aromatic nitrogens is 1. The lowest BCUT2D eigenvalue weighted by atomic mass is 9.80. The zero-order valence-corrected chi connectivity index (χ0v) is 31.2. The fourth-order valence-electron chi connectivity index (χ4n) is 4.95. The SMILES string of the molecule is CCCCC(C)(C)c1ccc(CN(Cc2cccc(N(CC(=O)OC(C)(C)C)C(=O)OC(C)(C)C)n2)S(=O)(=O)c2ccc(Cl)cc2)cc1. The van der Waals surface area contributed by atoms with Gasteiger partial charge in [-0.2, -0.15) is 4.31 Å². The largest absolute Gasteiger partial charge is 0.459 e. The van der Waals surface area contributed by atoms with Crippen molar-refractivity contribution in [3.05, 3.63) is 88.6 Å². The highest BCUT2D eigenvalue weighted by atomic mass is 35.5. The minimum Gasteiger partial charge on any atom is -0.459 e. The number of benzene rings is 2. The quantitative estimate of drug-likeness (QED) is 0.164. The van der Waals surface area contributed by atoms with E-state index in [9.17, 15) is 18.0 Å². The molecule has 0 radical (unpaired) electrons. The summed E-state index contributed by atoms with van der Waals surface area (Å²) in [4.78, 5) is 32.0. The molecule has 0 spiro atoms. The summed E-state index contributed by atoms with van der Waals surface area (Å²) >= 11 is 6.07. The summed E-state index contributed by atoms with van der Waals surface area (Å²) in [6, 6.07) is 19.0. The van der Waals surface area contributed by atoms with Crippen LogP contribution in [0.5, 0.6) is 0 Å². The van der Waals surface area contributed by atoms with Crippen molar-refractivity contribution < 1.29 is 27.5 Å². The van der Waals surface area contributed by atoms with Crippen LogP contribution in [0.15, 0.2) is 71.6 Å². The molecule has 0 aliphatic heterocycles. The number of hydrogen-bond donors (Lipinski definition) is 0. The van der Waals surface area contributed by atoms with Crippen LogP contribution in [0.25, 0.3) is 0 Å². The van der Waals surface area contributed by atoms with E-state index in [0.717, 1.165) is 29.7 Å². The number of amides is 1. The molecule has 0 aliphatic carbocycles. The molecule has 1 aromatic heterocycles. The molecule has 0 aliphatic rings. The Balaban J connectivity index is 2.00. The van der Waals surface area contributed by atoms with E-state index >= 15 is 0 Å². The van der Waals surface area contributed by atoms with Crippen molar-refractivity contribution in [2.45, 2.75) is 116 Å². The van der Waals surface area contributed by atoms with E-state index in [4.69, 9.17) is 21.1 Å². The third kappa shape index (κ3) is 11.6. The molecule has 0 saturated heterocycles. The highest BCUT2D eigenvalue weighted by molar-refractivity contribution is 7.89. The topological polar surface area (TPSA) is 106 Å². The molecule has 1 heterocycles. The number of rotatable bonds is 13. The Kier molecular flexibility index (Phi) is 12.9. The fourth-order valence-corrected chi connectivity index (χ4v) is 6.48. The Hall–Kier alpha value is -3.47. The van der Waals surface area contributed by atoms with E-state index < -0.39 is 39.8 Å². The number of nitrogens with zero attached hydrogens (tertiary/aromatic N) is 3. The lowest BCUT2D eigenvalue weighted by Gasteiger charge is -2.28. The van der Waals surface area contributed by atoms with Crippen LogP contribution >= 0.6 is 11.6 Å². The molecule has 3 rings (SSSR count). The Labute approximate surface area is 291 Å². The predicted molar refractivity (Wildman–Crippen MR) is 191 cm³/mol. The molecule has 0 atom stereocenters. The standard InChI is InChI=1S/C37H50ClN3O6S/c1-10-11-23-37(8,9)28-17-15-27(16-18-28)24-40(48(44,45)31-21-19-29(38)20-22-31)25-30-13-12-14-32(39-30)41(34(43)47-36(5,6)7)26-33(42)46-35(2,3)4/h12-22H,10-11,23-26H2,1-9H3. The second-order valence-corrected chi connectivity index (χ2v) is 16.9. The predicted octanol–water partition coefficient (Wildman–Crippen LogP) is 8.68. The molecular formula is C37H50ClN3O6S. The second kappa shape index (κ2) is 15.8. The van der Waals surface area contributed by atoms with Gasteiger partial charge in [0.05, 0.1) is 17.1 Å². The lowest BCUT2D eigenvalue weighted by Crippen LogP contribution is -2.42. The van der Waals surface area contributed by atoms with Gasteiger partial charge in [0.15, 0.2) is 0 Å². The van der Waals surface area contributed by atoms with Crippen molar-refractivity contribution in [2.24, 2.45) is 0 Å². The molecule has 262 valence electrons. The highest BCUT2D eigenvalue weighted by Gasteiger charge is 2.30. The molecule has 0 fully saturated rings. The lowest BCUT2D eigenvalue weighted by molar-refractivity contribution is -0.153. The first-order valence-corrected chi connectivity index (χ1v) is 18.1. The molecular weight excluding hydrogens is 650 g/mol. The maximum atomic E-state index is 14.1. The molecule has 0 bridgehead atoms. The molecule has 0 saturated carbocycles. The fraction of sp³-hybridized carbons (Fsp3) is 0.486. The van der Waals surface area contributed by atoms with Crippen molar-refractivity contribution in [1.29, 1.82) is 0 Å². The summed E-state index contributed by atoms with van der Waals surface area (Å²) in [6.07, 6.45) is 2.50. The van der Waals surface area contributed by atoms with Gasteiger partial charge in [0.2, 0.25) is 10.0 Å². The molecule has 48 heavy (non-hydrogen) atoms. The first-order chi connectivity index (χ1) is 22.2. The van der Waals surface area contributed by atoms with E-state index in [1.807, 2.05) is 12.1 Å². The number of carbonyl (C=O) groups is 2. The zero-order chi connectivity index (χ0) is 35.9. The van der Waals surface area contributed by atoms with Gasteiger partial charge in [0.25, 0.3) is 0 Å². The third-order valence-corrected chi connectivity index (χ3v) is 9.49. The number of pyridine rings is 1. The molecule has 9 nitrogen and oxygen atoms in total. The maximum absolute atomic E-state index is 14.1. The number of ether oxygens (including phenoxy) is 2. The van der Waals surface area contributed by atoms with Crippen molar-refractivity contribution in [2.75, 3.05) is 11.4 Å². The van der Waals surface area contributed by atoms with Crippen LogP contribution in [-0.2, 0) is 42.8 Å². The van der Waals surface area contributed by atoms with E-state index in [2.05, 4.69) is 37.9 Å². The summed E-state index contributed by atoms with van der Waals surface area (Å²) in [5.74, 6) is -0.524. The van der Waals surface area contributed by atoms with Gasteiger partial charge in [-0.1, -0.05) is 75.5 Å². The van der Waals surface area contributed by atoms with Crippen LogP contribution in [0, 0.1) is 0 Å². The molecule has 11 heteroatoms. The van der Waals surface area contributed by atoms with Gasteiger partial charge < -0.3 is 9.47 Å². The van der Waals surface area contributed by atoms with Gasteiger partial charge in [0.1, 0.15) is 23.6 Å². The minimum absolute atomic E-state index is 0.00666. The monoisotopic (exact) mass is 699 g/mol. The first kappa shape index (κ1) is 39.0. The number of anilines is 1. The average molecular weight is 700 g/mol. The molecule has 0 N–H and O–H groups in total. The number of sulfonamides is 1.